The molecule has 3 aromatic carbocycles. The molecule has 7 nitrogen and oxygen atoms in total. The second-order valence-corrected chi connectivity index (χ2v) is 10.5. The van der Waals surface area contributed by atoms with Gasteiger partial charge in [-0.25, -0.2) is 4.39 Å². The van der Waals surface area contributed by atoms with Crippen molar-refractivity contribution in [1.29, 1.82) is 0 Å². The molecule has 2 N–H and O–H groups in total. The first-order valence-corrected chi connectivity index (χ1v) is 14.2. The number of carbonyl (C=O) groups is 2. The fraction of sp³-hybridized carbons (Fsp3) is 0.250. The fourth-order valence-electron chi connectivity index (χ4n) is 4.59. The summed E-state index contributed by atoms with van der Waals surface area (Å²) in [6, 6.07) is 15.7. The highest BCUT2D eigenvalue weighted by Crippen LogP contribution is 2.34. The Morgan fingerprint density at radius 1 is 0.881 bits per heavy atom. The van der Waals surface area contributed by atoms with Crippen LogP contribution in [0.5, 0.6) is 11.5 Å². The Balaban J connectivity index is 1.33. The van der Waals surface area contributed by atoms with E-state index in [1.54, 1.807) is 4.57 Å². The number of nitrogens with zero attached hydrogens (tertiary/aromatic N) is 1. The number of ether oxygens (including phenoxy) is 2. The summed E-state index contributed by atoms with van der Waals surface area (Å²) < 4.78 is 26.4. The molecule has 0 bridgehead atoms. The van der Waals surface area contributed by atoms with Crippen LogP contribution < -0.4 is 9.47 Å². The predicted octanol–water partition coefficient (Wildman–Crippen LogP) is 7.99. The van der Waals surface area contributed by atoms with Crippen molar-refractivity contribution < 1.29 is 33.7 Å². The highest BCUT2D eigenvalue weighted by molar-refractivity contribution is 6.37. The molecule has 0 aliphatic rings. The molecule has 0 saturated heterocycles. The molecule has 0 saturated carbocycles. The van der Waals surface area contributed by atoms with Crippen molar-refractivity contribution in [1.82, 2.24) is 4.57 Å². The Bertz CT molecular complexity index is 1560. The second kappa shape index (κ2) is 14.8. The minimum absolute atomic E-state index is 0.0570. The molecule has 1 heterocycles. The molecule has 0 spiro atoms. The van der Waals surface area contributed by atoms with E-state index in [2.05, 4.69) is 0 Å². The summed E-state index contributed by atoms with van der Waals surface area (Å²) >= 11 is 12.0. The highest BCUT2D eigenvalue weighted by Gasteiger charge is 2.14. The summed E-state index contributed by atoms with van der Waals surface area (Å²) in [4.78, 5) is 22.5. The zero-order chi connectivity index (χ0) is 30.1. The second-order valence-electron chi connectivity index (χ2n) is 9.67. The largest absolute Gasteiger partial charge is 0.494 e. The molecule has 0 aliphatic heterocycles. The number of halogens is 3. The van der Waals surface area contributed by atoms with Crippen LogP contribution >= 0.6 is 23.2 Å². The monoisotopic (exact) mass is 613 g/mol. The van der Waals surface area contributed by atoms with Crippen LogP contribution in [0.2, 0.25) is 10.0 Å². The Labute approximate surface area is 252 Å². The van der Waals surface area contributed by atoms with Crippen molar-refractivity contribution in [2.24, 2.45) is 0 Å². The van der Waals surface area contributed by atoms with E-state index in [1.807, 2.05) is 60.8 Å². The lowest BCUT2D eigenvalue weighted by molar-refractivity contribution is -0.138. The molecule has 1 aromatic heterocycles. The first-order valence-electron chi connectivity index (χ1n) is 13.4. The molecule has 0 aliphatic carbocycles. The Hall–Kier alpha value is -4.01. The number of hydrogen-bond donors (Lipinski definition) is 2. The first kappa shape index (κ1) is 30.9. The molecule has 0 atom stereocenters. The maximum Gasteiger partial charge on any atom is 0.323 e. The van der Waals surface area contributed by atoms with Gasteiger partial charge in [-0.3, -0.25) is 9.59 Å². The lowest BCUT2D eigenvalue weighted by Gasteiger charge is -2.10. The number of rotatable bonds is 15. The molecule has 10 heteroatoms. The Morgan fingerprint density at radius 3 is 2.24 bits per heavy atom. The van der Waals surface area contributed by atoms with Crippen LogP contribution in [0.1, 0.15) is 42.4 Å². The molecular weight excluding hydrogens is 584 g/mol. The molecule has 4 rings (SSSR count). The van der Waals surface area contributed by atoms with Gasteiger partial charge in [-0.05, 0) is 66.6 Å². The van der Waals surface area contributed by atoms with Crippen molar-refractivity contribution >= 4 is 58.2 Å². The van der Waals surface area contributed by atoms with Gasteiger partial charge in [-0.15, -0.1) is 0 Å². The van der Waals surface area contributed by atoms with E-state index >= 15 is 0 Å². The zero-order valence-electron chi connectivity index (χ0n) is 22.7. The molecule has 0 radical (unpaired) electrons. The van der Waals surface area contributed by atoms with Crippen LogP contribution in [0.4, 0.5) is 4.39 Å². The molecule has 220 valence electrons. The predicted molar refractivity (Wildman–Crippen MR) is 162 cm³/mol. The van der Waals surface area contributed by atoms with E-state index in [0.717, 1.165) is 51.9 Å². The normalized spacial score (nSPS) is 11.3. The summed E-state index contributed by atoms with van der Waals surface area (Å²) in [6.45, 7) is 0.664. The van der Waals surface area contributed by atoms with Gasteiger partial charge in [0.25, 0.3) is 0 Å². The van der Waals surface area contributed by atoms with Crippen LogP contribution in [0.15, 0.2) is 60.8 Å². The van der Waals surface area contributed by atoms with Crippen molar-refractivity contribution in [3.05, 3.63) is 93.3 Å². The summed E-state index contributed by atoms with van der Waals surface area (Å²) in [5.41, 5.74) is 3.54. The number of carboxylic acid groups (broad SMARTS) is 2. The standard InChI is InChI=1S/C32H30Cl2FNO6/c33-27-17-24(35)18-28(34)32(27)42-16-2-1-15-41-25-13-10-21(11-14-25)9-12-22-5-3-7-26-23(6-4-8-29(37)38)19-36(31(22)26)20-30(39)40/h3,5,7,9-14,17-19H,1-2,4,6,8,15-16,20H2,(H,37,38)(H,39,40). The smallest absolute Gasteiger partial charge is 0.323 e. The van der Waals surface area contributed by atoms with Crippen molar-refractivity contribution in [3.8, 4) is 11.5 Å². The Kier molecular flexibility index (Phi) is 10.9. The maximum absolute atomic E-state index is 13.3. The van der Waals surface area contributed by atoms with E-state index in [9.17, 15) is 19.1 Å². The third-order valence-corrected chi connectivity index (χ3v) is 7.07. The number of para-hydroxylation sites is 1. The number of unbranched alkanes of at least 4 members (excludes halogenated alkanes) is 1. The average molecular weight is 614 g/mol. The van der Waals surface area contributed by atoms with Crippen molar-refractivity contribution in [2.75, 3.05) is 13.2 Å². The molecular formula is C32H30Cl2FNO6. The van der Waals surface area contributed by atoms with E-state index < -0.39 is 17.8 Å². The number of carboxylic acids is 2. The molecule has 0 fully saturated rings. The molecule has 4 aromatic rings. The molecule has 0 amide bonds. The minimum Gasteiger partial charge on any atom is -0.494 e. The number of aryl methyl sites for hydroxylation is 1. The van der Waals surface area contributed by atoms with E-state index in [4.69, 9.17) is 37.8 Å². The van der Waals surface area contributed by atoms with Gasteiger partial charge in [-0.2, -0.15) is 0 Å². The lowest BCUT2D eigenvalue weighted by Crippen LogP contribution is -2.07. The number of aliphatic carboxylic acids is 2. The maximum atomic E-state index is 13.3. The van der Waals surface area contributed by atoms with Crippen LogP contribution in [0, 0.1) is 5.82 Å². The molecule has 0 unspecified atom stereocenters. The Morgan fingerprint density at radius 2 is 1.57 bits per heavy atom. The average Bonchev–Trinajstić information content (AvgIpc) is 3.28. The van der Waals surface area contributed by atoms with Gasteiger partial charge in [-0.1, -0.05) is 65.7 Å². The van der Waals surface area contributed by atoms with E-state index in [0.29, 0.717) is 32.5 Å². The van der Waals surface area contributed by atoms with Crippen molar-refractivity contribution in [3.63, 3.8) is 0 Å². The quantitative estimate of drug-likeness (QED) is 0.104. The number of benzene rings is 3. The van der Waals surface area contributed by atoms with Crippen LogP contribution in [-0.2, 0) is 22.6 Å². The van der Waals surface area contributed by atoms with Gasteiger partial charge < -0.3 is 24.3 Å². The van der Waals surface area contributed by atoms with Gasteiger partial charge in [0.2, 0.25) is 0 Å². The summed E-state index contributed by atoms with van der Waals surface area (Å²) in [5, 5.41) is 19.6. The van der Waals surface area contributed by atoms with Gasteiger partial charge >= 0.3 is 11.9 Å². The number of fused-ring (bicyclic) bond motifs is 1. The number of aromatic nitrogens is 1. The zero-order valence-corrected chi connectivity index (χ0v) is 24.2. The summed E-state index contributed by atoms with van der Waals surface area (Å²) in [5.74, 6) is -1.33. The van der Waals surface area contributed by atoms with E-state index in [-0.39, 0.29) is 28.8 Å². The van der Waals surface area contributed by atoms with Crippen molar-refractivity contribution in [2.45, 2.75) is 38.6 Å². The van der Waals surface area contributed by atoms with Gasteiger partial charge in [0.1, 0.15) is 18.1 Å². The topological polar surface area (TPSA) is 98.0 Å². The van der Waals surface area contributed by atoms with Gasteiger partial charge in [0.15, 0.2) is 5.75 Å². The third kappa shape index (κ3) is 8.50. The van der Waals surface area contributed by atoms with Gasteiger partial charge in [0, 0.05) is 18.0 Å². The van der Waals surface area contributed by atoms with Crippen LogP contribution in [-0.4, -0.2) is 39.9 Å². The highest BCUT2D eigenvalue weighted by atomic mass is 35.5. The SMILES string of the molecule is O=C(O)CCCc1cn(CC(=O)O)c2c(C=Cc3ccc(OCCCCOc4c(Cl)cc(F)cc4Cl)cc3)cccc12. The fourth-order valence-corrected chi connectivity index (χ4v) is 5.16. The van der Waals surface area contributed by atoms with E-state index in [1.165, 1.54) is 0 Å². The van der Waals surface area contributed by atoms with Crippen LogP contribution in [0.25, 0.3) is 23.1 Å². The summed E-state index contributed by atoms with van der Waals surface area (Å²) in [7, 11) is 0. The number of hydrogen-bond acceptors (Lipinski definition) is 4. The molecule has 42 heavy (non-hydrogen) atoms. The van der Waals surface area contributed by atoms with Gasteiger partial charge in [0.05, 0.1) is 28.8 Å². The first-order chi connectivity index (χ1) is 20.2. The summed E-state index contributed by atoms with van der Waals surface area (Å²) in [6.07, 6.45) is 8.21. The van der Waals surface area contributed by atoms with Crippen LogP contribution in [0.3, 0.4) is 0 Å². The lowest BCUT2D eigenvalue weighted by atomic mass is 10.0. The minimum atomic E-state index is -0.951. The third-order valence-electron chi connectivity index (χ3n) is 6.51.